The van der Waals surface area contributed by atoms with Crippen LogP contribution in [0.5, 0.6) is 0 Å². The smallest absolute Gasteiger partial charge is 0.125 e. The van der Waals surface area contributed by atoms with Crippen LogP contribution in [0.3, 0.4) is 0 Å². The highest BCUT2D eigenvalue weighted by atomic mass is 19.1. The number of anilines is 1. The molecule has 22 heavy (non-hydrogen) atoms. The molecule has 0 amide bonds. The van der Waals surface area contributed by atoms with E-state index in [9.17, 15) is 4.39 Å². The second kappa shape index (κ2) is 9.14. The van der Waals surface area contributed by atoms with E-state index in [1.807, 2.05) is 6.07 Å². The molecule has 0 N–H and O–H groups in total. The summed E-state index contributed by atoms with van der Waals surface area (Å²) in [4.78, 5) is 4.76. The van der Waals surface area contributed by atoms with Gasteiger partial charge in [0, 0.05) is 18.8 Å². The Balaban J connectivity index is 1.61. The second-order valence-electron chi connectivity index (χ2n) is 6.75. The van der Waals surface area contributed by atoms with Gasteiger partial charge >= 0.3 is 0 Å². The van der Waals surface area contributed by atoms with E-state index in [4.69, 9.17) is 0 Å². The van der Waals surface area contributed by atoms with Gasteiger partial charge in [-0.2, -0.15) is 0 Å². The molecular formula is C19H31FN2. The highest BCUT2D eigenvalue weighted by molar-refractivity contribution is 5.47. The van der Waals surface area contributed by atoms with Crippen LogP contribution in [0, 0.1) is 11.7 Å². The van der Waals surface area contributed by atoms with E-state index in [0.717, 1.165) is 31.4 Å². The molecule has 1 unspecified atom stereocenters. The van der Waals surface area contributed by atoms with Crippen molar-refractivity contribution < 1.29 is 4.39 Å². The van der Waals surface area contributed by atoms with Gasteiger partial charge in [0.15, 0.2) is 0 Å². The fourth-order valence-corrected chi connectivity index (χ4v) is 3.35. The van der Waals surface area contributed by atoms with Crippen LogP contribution in [-0.4, -0.2) is 31.2 Å². The van der Waals surface area contributed by atoms with Crippen molar-refractivity contribution in [2.45, 2.75) is 52.4 Å². The van der Waals surface area contributed by atoms with Crippen molar-refractivity contribution in [2.75, 3.05) is 31.2 Å². The van der Waals surface area contributed by atoms with E-state index < -0.39 is 0 Å². The van der Waals surface area contributed by atoms with Crippen LogP contribution in [0.2, 0.25) is 0 Å². The summed E-state index contributed by atoms with van der Waals surface area (Å²) >= 11 is 0. The van der Waals surface area contributed by atoms with Gasteiger partial charge in [-0.05, 0) is 37.1 Å². The highest BCUT2D eigenvalue weighted by Gasteiger charge is 2.19. The molecule has 1 aromatic carbocycles. The Labute approximate surface area is 135 Å². The second-order valence-corrected chi connectivity index (χ2v) is 6.75. The lowest BCUT2D eigenvalue weighted by Crippen LogP contribution is -2.26. The maximum atomic E-state index is 13.3. The summed E-state index contributed by atoms with van der Waals surface area (Å²) in [6.07, 6.45) is 8.05. The molecule has 124 valence electrons. The fraction of sp³-hybridized carbons (Fsp3) is 0.684. The van der Waals surface area contributed by atoms with Gasteiger partial charge in [-0.3, -0.25) is 4.90 Å². The first kappa shape index (κ1) is 17.3. The third-order valence-electron chi connectivity index (χ3n) is 4.68. The Hall–Kier alpha value is -1.09. The Morgan fingerprint density at radius 2 is 2.00 bits per heavy atom. The van der Waals surface area contributed by atoms with E-state index in [1.54, 1.807) is 12.1 Å². The third kappa shape index (κ3) is 5.60. The zero-order valence-electron chi connectivity index (χ0n) is 14.2. The minimum absolute atomic E-state index is 0.142. The maximum absolute atomic E-state index is 13.3. The van der Waals surface area contributed by atoms with Crippen molar-refractivity contribution in [1.29, 1.82) is 0 Å². The summed E-state index contributed by atoms with van der Waals surface area (Å²) in [5, 5.41) is 0. The Morgan fingerprint density at radius 3 is 2.77 bits per heavy atom. The molecule has 0 aliphatic carbocycles. The number of unbranched alkanes of at least 4 members (excludes halogenated alkanes) is 2. The van der Waals surface area contributed by atoms with E-state index in [-0.39, 0.29) is 5.82 Å². The summed E-state index contributed by atoms with van der Waals surface area (Å²) in [5.41, 5.74) is 1.01. The van der Waals surface area contributed by atoms with Gasteiger partial charge in [-0.1, -0.05) is 52.0 Å². The van der Waals surface area contributed by atoms with Crippen LogP contribution in [0.15, 0.2) is 24.3 Å². The van der Waals surface area contributed by atoms with Crippen molar-refractivity contribution in [3.63, 3.8) is 0 Å². The minimum atomic E-state index is -0.142. The molecule has 0 spiro atoms. The third-order valence-corrected chi connectivity index (χ3v) is 4.68. The van der Waals surface area contributed by atoms with Crippen LogP contribution in [0.1, 0.15) is 52.4 Å². The predicted octanol–water partition coefficient (Wildman–Crippen LogP) is 4.90. The normalized spacial score (nSPS) is 17.1. The molecule has 1 fully saturated rings. The van der Waals surface area contributed by atoms with E-state index in [2.05, 4.69) is 23.6 Å². The summed E-state index contributed by atoms with van der Waals surface area (Å²) in [5.74, 6) is 0.748. The van der Waals surface area contributed by atoms with Crippen LogP contribution in [0.25, 0.3) is 0 Å². The number of hydrogen-bond donors (Lipinski definition) is 0. The van der Waals surface area contributed by atoms with Crippen LogP contribution >= 0.6 is 0 Å². The average molecular weight is 306 g/mol. The molecule has 1 aliphatic rings. The molecule has 1 heterocycles. The summed E-state index contributed by atoms with van der Waals surface area (Å²) in [6.45, 7) is 8.87. The first-order valence-electron chi connectivity index (χ1n) is 8.92. The lowest BCUT2D eigenvalue weighted by atomic mass is 9.99. The van der Waals surface area contributed by atoms with Gasteiger partial charge in [0.1, 0.15) is 5.82 Å². The quantitative estimate of drug-likeness (QED) is 0.599. The van der Waals surface area contributed by atoms with Gasteiger partial charge < -0.3 is 4.90 Å². The molecule has 2 nitrogen and oxygen atoms in total. The monoisotopic (exact) mass is 306 g/mol. The molecule has 1 atom stereocenters. The maximum Gasteiger partial charge on any atom is 0.125 e. The van der Waals surface area contributed by atoms with Crippen molar-refractivity contribution >= 4 is 5.69 Å². The Kier molecular flexibility index (Phi) is 7.17. The molecule has 1 aliphatic heterocycles. The largest absolute Gasteiger partial charge is 0.357 e. The fourth-order valence-electron chi connectivity index (χ4n) is 3.35. The number of rotatable bonds is 9. The van der Waals surface area contributed by atoms with Crippen molar-refractivity contribution in [2.24, 2.45) is 5.92 Å². The summed E-state index contributed by atoms with van der Waals surface area (Å²) in [6, 6.07) is 6.95. The lowest BCUT2D eigenvalue weighted by molar-refractivity contribution is 0.327. The standard InChI is InChI=1S/C19H31FN2/c1-3-8-17(2)9-5-4-6-12-21-13-14-22(16-21)19-11-7-10-18(20)15-19/h7,10-11,15,17H,3-6,8-9,12-14,16H2,1-2H3. The van der Waals surface area contributed by atoms with Gasteiger partial charge in [-0.15, -0.1) is 0 Å². The molecule has 1 saturated heterocycles. The van der Waals surface area contributed by atoms with E-state index in [1.165, 1.54) is 51.1 Å². The number of benzene rings is 1. The van der Waals surface area contributed by atoms with Crippen LogP contribution in [0.4, 0.5) is 10.1 Å². The zero-order chi connectivity index (χ0) is 15.8. The van der Waals surface area contributed by atoms with E-state index >= 15 is 0 Å². The van der Waals surface area contributed by atoms with Crippen molar-refractivity contribution in [1.82, 2.24) is 4.90 Å². The topological polar surface area (TPSA) is 6.48 Å². The molecular weight excluding hydrogens is 275 g/mol. The first-order valence-corrected chi connectivity index (χ1v) is 8.92. The van der Waals surface area contributed by atoms with Gasteiger partial charge in [0.2, 0.25) is 0 Å². The number of hydrogen-bond acceptors (Lipinski definition) is 2. The molecule has 0 saturated carbocycles. The molecule has 0 radical (unpaired) electrons. The molecule has 3 heteroatoms. The van der Waals surface area contributed by atoms with Gasteiger partial charge in [-0.25, -0.2) is 4.39 Å². The predicted molar refractivity (Wildman–Crippen MR) is 92.7 cm³/mol. The molecule has 0 aromatic heterocycles. The lowest BCUT2D eigenvalue weighted by Gasteiger charge is -2.20. The number of halogens is 1. The van der Waals surface area contributed by atoms with Crippen LogP contribution < -0.4 is 4.90 Å². The van der Waals surface area contributed by atoms with Crippen molar-refractivity contribution in [3.8, 4) is 0 Å². The van der Waals surface area contributed by atoms with Gasteiger partial charge in [0.05, 0.1) is 6.67 Å². The molecule has 2 rings (SSSR count). The average Bonchev–Trinajstić information content (AvgIpc) is 2.96. The van der Waals surface area contributed by atoms with Crippen LogP contribution in [-0.2, 0) is 0 Å². The van der Waals surface area contributed by atoms with Crippen molar-refractivity contribution in [3.05, 3.63) is 30.1 Å². The SMILES string of the molecule is CCCC(C)CCCCCN1CCN(c2cccc(F)c2)C1. The Morgan fingerprint density at radius 1 is 1.14 bits per heavy atom. The molecule has 1 aromatic rings. The molecule has 0 bridgehead atoms. The summed E-state index contributed by atoms with van der Waals surface area (Å²) in [7, 11) is 0. The minimum Gasteiger partial charge on any atom is -0.357 e. The summed E-state index contributed by atoms with van der Waals surface area (Å²) < 4.78 is 13.3. The first-order chi connectivity index (χ1) is 10.7. The zero-order valence-corrected chi connectivity index (χ0v) is 14.2. The highest BCUT2D eigenvalue weighted by Crippen LogP contribution is 2.20. The number of nitrogens with zero attached hydrogens (tertiary/aromatic N) is 2. The van der Waals surface area contributed by atoms with Gasteiger partial charge in [0.25, 0.3) is 0 Å². The van der Waals surface area contributed by atoms with E-state index in [0.29, 0.717) is 0 Å². The Bertz CT molecular complexity index is 435.